The molecular formula is C27H29FN4O2S2. The van der Waals surface area contributed by atoms with Crippen molar-refractivity contribution in [3.8, 4) is 21.9 Å². The van der Waals surface area contributed by atoms with E-state index in [1.165, 1.54) is 11.6 Å². The fourth-order valence-electron chi connectivity index (χ4n) is 3.71. The molecular weight excluding hydrogens is 495 g/mol. The van der Waals surface area contributed by atoms with E-state index in [0.29, 0.717) is 16.5 Å². The van der Waals surface area contributed by atoms with E-state index in [1.807, 2.05) is 6.07 Å². The fourth-order valence-corrected chi connectivity index (χ4v) is 4.90. The number of thiophene rings is 1. The third kappa shape index (κ3) is 6.36. The number of hydrogen-bond donors (Lipinski definition) is 2. The maximum absolute atomic E-state index is 14.7. The number of anilines is 1. The van der Waals surface area contributed by atoms with E-state index in [-0.39, 0.29) is 5.75 Å². The normalized spacial score (nSPS) is 11.1. The maximum Gasteiger partial charge on any atom is 0.170 e. The molecule has 2 heterocycles. The Morgan fingerprint density at radius 2 is 1.92 bits per heavy atom. The van der Waals surface area contributed by atoms with Crippen LogP contribution in [0.3, 0.4) is 0 Å². The summed E-state index contributed by atoms with van der Waals surface area (Å²) in [5.41, 5.74) is 3.71. The number of ether oxygens (including phenoxy) is 2. The molecule has 36 heavy (non-hydrogen) atoms. The van der Waals surface area contributed by atoms with E-state index >= 15 is 0 Å². The standard InChI is InChI=1S/C27H29FN4O2S2/c1-4-32(13-14-33-3)17-18-5-7-19(8-6-18)25-16-22-26(36-25)24(11-12-30-22)34-23-10-9-20(15-21(23)28)31-27(35)29-2/h5-12,15-16H,4,13-14,17H2,1-3H3,(H2,29,31,35). The predicted molar refractivity (Wildman–Crippen MR) is 150 cm³/mol. The molecule has 0 radical (unpaired) electrons. The zero-order valence-electron chi connectivity index (χ0n) is 20.5. The Bertz CT molecular complexity index is 1330. The van der Waals surface area contributed by atoms with E-state index in [9.17, 15) is 4.39 Å². The zero-order chi connectivity index (χ0) is 25.5. The largest absolute Gasteiger partial charge is 0.453 e. The highest BCUT2D eigenvalue weighted by Gasteiger charge is 2.14. The Balaban J connectivity index is 1.52. The number of rotatable bonds is 10. The summed E-state index contributed by atoms with van der Waals surface area (Å²) in [6.45, 7) is 5.64. The van der Waals surface area contributed by atoms with E-state index in [1.54, 1.807) is 49.9 Å². The van der Waals surface area contributed by atoms with Crippen LogP contribution in [0.2, 0.25) is 0 Å². The zero-order valence-corrected chi connectivity index (χ0v) is 22.1. The second-order valence-electron chi connectivity index (χ2n) is 8.14. The van der Waals surface area contributed by atoms with Gasteiger partial charge in [0.2, 0.25) is 0 Å². The van der Waals surface area contributed by atoms with E-state index in [0.717, 1.165) is 46.9 Å². The number of halogens is 1. The van der Waals surface area contributed by atoms with Crippen LogP contribution in [0.4, 0.5) is 10.1 Å². The maximum atomic E-state index is 14.7. The number of methoxy groups -OCH3 is 1. The number of nitrogens with zero attached hydrogens (tertiary/aromatic N) is 2. The average Bonchev–Trinajstić information content (AvgIpc) is 3.34. The summed E-state index contributed by atoms with van der Waals surface area (Å²) in [7, 11) is 3.43. The Hall–Kier alpha value is -3.11. The van der Waals surface area contributed by atoms with Crippen molar-refractivity contribution >= 4 is 44.6 Å². The van der Waals surface area contributed by atoms with Gasteiger partial charge < -0.3 is 20.1 Å². The summed E-state index contributed by atoms with van der Waals surface area (Å²) in [4.78, 5) is 7.92. The third-order valence-corrected chi connectivity index (χ3v) is 7.21. The molecule has 0 saturated heterocycles. The molecule has 9 heteroatoms. The van der Waals surface area contributed by atoms with E-state index in [2.05, 4.69) is 51.7 Å². The SMILES string of the molecule is CCN(CCOC)Cc1ccc(-c2cc3nccc(Oc4ccc(NC(=S)NC)cc4F)c3s2)cc1. The van der Waals surface area contributed by atoms with Crippen molar-refractivity contribution in [3.05, 3.63) is 72.2 Å². The van der Waals surface area contributed by atoms with Gasteiger partial charge in [0.05, 0.1) is 16.8 Å². The van der Waals surface area contributed by atoms with Crippen LogP contribution in [0.5, 0.6) is 11.5 Å². The van der Waals surface area contributed by atoms with Crippen molar-refractivity contribution < 1.29 is 13.9 Å². The Morgan fingerprint density at radius 1 is 1.11 bits per heavy atom. The lowest BCUT2D eigenvalue weighted by atomic mass is 10.1. The first-order valence-electron chi connectivity index (χ1n) is 11.7. The molecule has 2 aromatic carbocycles. The summed E-state index contributed by atoms with van der Waals surface area (Å²) in [6.07, 6.45) is 1.68. The van der Waals surface area contributed by atoms with Crippen LogP contribution in [0.15, 0.2) is 60.8 Å². The van der Waals surface area contributed by atoms with Gasteiger partial charge in [0.15, 0.2) is 16.7 Å². The van der Waals surface area contributed by atoms with Crippen LogP contribution < -0.4 is 15.4 Å². The Labute approximate surface area is 220 Å². The highest BCUT2D eigenvalue weighted by atomic mass is 32.1. The summed E-state index contributed by atoms with van der Waals surface area (Å²) in [6, 6.07) is 17.0. The van der Waals surface area contributed by atoms with Crippen LogP contribution in [-0.4, -0.2) is 48.9 Å². The number of thiocarbonyl (C=S) groups is 1. The van der Waals surface area contributed by atoms with Crippen LogP contribution in [0.1, 0.15) is 12.5 Å². The van der Waals surface area contributed by atoms with E-state index in [4.69, 9.17) is 21.7 Å². The predicted octanol–water partition coefficient (Wildman–Crippen LogP) is 6.28. The number of fused-ring (bicyclic) bond motifs is 1. The minimum Gasteiger partial charge on any atom is -0.453 e. The van der Waals surface area contributed by atoms with Gasteiger partial charge in [0, 0.05) is 56.1 Å². The topological polar surface area (TPSA) is 58.7 Å². The molecule has 6 nitrogen and oxygen atoms in total. The third-order valence-electron chi connectivity index (χ3n) is 5.72. The first-order chi connectivity index (χ1) is 17.5. The molecule has 0 fully saturated rings. The molecule has 0 bridgehead atoms. The van der Waals surface area contributed by atoms with E-state index < -0.39 is 5.82 Å². The number of nitrogens with one attached hydrogen (secondary N) is 2. The molecule has 2 aromatic heterocycles. The molecule has 0 saturated carbocycles. The smallest absolute Gasteiger partial charge is 0.170 e. The van der Waals surface area contributed by atoms with Crippen LogP contribution in [0, 0.1) is 5.82 Å². The fraction of sp³-hybridized carbons (Fsp3) is 0.259. The van der Waals surface area contributed by atoms with Crippen LogP contribution >= 0.6 is 23.6 Å². The molecule has 0 aliphatic rings. The summed E-state index contributed by atoms with van der Waals surface area (Å²) in [5, 5.41) is 6.12. The molecule has 188 valence electrons. The van der Waals surface area contributed by atoms with Crippen molar-refractivity contribution in [2.75, 3.05) is 39.2 Å². The van der Waals surface area contributed by atoms with Gasteiger partial charge in [-0.25, -0.2) is 4.39 Å². The van der Waals surface area contributed by atoms with Gasteiger partial charge in [-0.1, -0.05) is 31.2 Å². The second kappa shape index (κ2) is 12.2. The van der Waals surface area contributed by atoms with Gasteiger partial charge in [0.25, 0.3) is 0 Å². The summed E-state index contributed by atoms with van der Waals surface area (Å²) < 4.78 is 26.8. The van der Waals surface area contributed by atoms with Gasteiger partial charge in [0.1, 0.15) is 5.75 Å². The van der Waals surface area contributed by atoms with Gasteiger partial charge >= 0.3 is 0 Å². The lowest BCUT2D eigenvalue weighted by Gasteiger charge is -2.20. The molecule has 2 N–H and O–H groups in total. The quantitative estimate of drug-likeness (QED) is 0.237. The Morgan fingerprint density at radius 3 is 2.61 bits per heavy atom. The molecule has 4 rings (SSSR count). The molecule has 4 aromatic rings. The van der Waals surface area contributed by atoms with Crippen LogP contribution in [-0.2, 0) is 11.3 Å². The molecule has 0 unspecified atom stereocenters. The summed E-state index contributed by atoms with van der Waals surface area (Å²) in [5.74, 6) is 0.217. The molecule has 0 aliphatic carbocycles. The lowest BCUT2D eigenvalue weighted by Crippen LogP contribution is -2.26. The lowest BCUT2D eigenvalue weighted by molar-refractivity contribution is 0.147. The molecule has 0 spiro atoms. The number of aromatic nitrogens is 1. The number of benzene rings is 2. The highest BCUT2D eigenvalue weighted by Crippen LogP contribution is 2.39. The highest BCUT2D eigenvalue weighted by molar-refractivity contribution is 7.80. The molecule has 0 amide bonds. The number of likely N-dealkylation sites (N-methyl/N-ethyl adjacent to an activating group) is 1. The minimum atomic E-state index is -0.483. The minimum absolute atomic E-state index is 0.136. The summed E-state index contributed by atoms with van der Waals surface area (Å²) >= 11 is 6.65. The first-order valence-corrected chi connectivity index (χ1v) is 12.9. The van der Waals surface area contributed by atoms with Gasteiger partial charge in [-0.05, 0) is 48.1 Å². The average molecular weight is 525 g/mol. The van der Waals surface area contributed by atoms with Crippen molar-refractivity contribution in [2.45, 2.75) is 13.5 Å². The van der Waals surface area contributed by atoms with Crippen molar-refractivity contribution in [3.63, 3.8) is 0 Å². The van der Waals surface area contributed by atoms with Crippen molar-refractivity contribution in [1.29, 1.82) is 0 Å². The van der Waals surface area contributed by atoms with Crippen molar-refractivity contribution in [2.24, 2.45) is 0 Å². The second-order valence-corrected chi connectivity index (χ2v) is 9.60. The number of hydrogen-bond acceptors (Lipinski definition) is 6. The number of pyridine rings is 1. The monoisotopic (exact) mass is 524 g/mol. The molecule has 0 atom stereocenters. The van der Waals surface area contributed by atoms with Gasteiger partial charge in [-0.15, -0.1) is 11.3 Å². The van der Waals surface area contributed by atoms with Gasteiger partial charge in [-0.2, -0.15) is 0 Å². The van der Waals surface area contributed by atoms with Crippen molar-refractivity contribution in [1.82, 2.24) is 15.2 Å². The van der Waals surface area contributed by atoms with Crippen LogP contribution in [0.25, 0.3) is 20.7 Å². The molecule has 0 aliphatic heterocycles. The first kappa shape index (κ1) is 26.0. The van der Waals surface area contributed by atoms with Gasteiger partial charge in [-0.3, -0.25) is 9.88 Å². The Kier molecular flexibility index (Phi) is 8.82.